The summed E-state index contributed by atoms with van der Waals surface area (Å²) in [6.45, 7) is 14.7. The van der Waals surface area contributed by atoms with Gasteiger partial charge in [0.1, 0.15) is 5.54 Å². The number of hydrogen-bond donors (Lipinski definition) is 1. The zero-order chi connectivity index (χ0) is 15.4. The van der Waals surface area contributed by atoms with Crippen LogP contribution in [-0.4, -0.2) is 49.2 Å². The largest absolute Gasteiger partial charge is 0.465 e. The van der Waals surface area contributed by atoms with Crippen molar-refractivity contribution < 1.29 is 9.53 Å². The molecule has 4 heteroatoms. The second-order valence-corrected chi connectivity index (χ2v) is 5.52. The van der Waals surface area contributed by atoms with Crippen molar-refractivity contribution in [1.82, 2.24) is 10.2 Å². The van der Waals surface area contributed by atoms with E-state index in [2.05, 4.69) is 31.0 Å². The van der Waals surface area contributed by atoms with Gasteiger partial charge in [-0.05, 0) is 52.7 Å². The van der Waals surface area contributed by atoms with Crippen LogP contribution in [0.15, 0.2) is 0 Å². The highest BCUT2D eigenvalue weighted by atomic mass is 16.5. The Morgan fingerprint density at radius 2 is 1.85 bits per heavy atom. The molecule has 0 spiro atoms. The number of nitrogens with one attached hydrogen (secondary N) is 1. The van der Waals surface area contributed by atoms with Gasteiger partial charge in [0.15, 0.2) is 0 Å². The van der Waals surface area contributed by atoms with Gasteiger partial charge in [-0.3, -0.25) is 4.79 Å². The van der Waals surface area contributed by atoms with Crippen LogP contribution in [0.3, 0.4) is 0 Å². The maximum Gasteiger partial charge on any atom is 0.326 e. The Morgan fingerprint density at radius 1 is 1.15 bits per heavy atom. The van der Waals surface area contributed by atoms with E-state index in [1.54, 1.807) is 0 Å². The lowest BCUT2D eigenvalue weighted by atomic mass is 9.97. The van der Waals surface area contributed by atoms with Gasteiger partial charge in [0.2, 0.25) is 0 Å². The summed E-state index contributed by atoms with van der Waals surface area (Å²) in [5.74, 6) is -0.125. The van der Waals surface area contributed by atoms with E-state index in [1.165, 1.54) is 12.8 Å². The summed E-state index contributed by atoms with van der Waals surface area (Å²) in [6, 6.07) is 0. The first-order chi connectivity index (χ1) is 9.53. The van der Waals surface area contributed by atoms with Crippen LogP contribution in [0.1, 0.15) is 60.3 Å². The molecule has 4 nitrogen and oxygen atoms in total. The number of carbonyl (C=O) groups excluding carboxylic acids is 1. The molecule has 0 bridgehead atoms. The van der Waals surface area contributed by atoms with Gasteiger partial charge in [-0.25, -0.2) is 0 Å². The molecular formula is C16H34N2O2. The quantitative estimate of drug-likeness (QED) is 0.560. The highest BCUT2D eigenvalue weighted by Gasteiger charge is 2.33. The molecule has 1 unspecified atom stereocenters. The molecule has 0 saturated heterocycles. The minimum absolute atomic E-state index is 0.125. The van der Waals surface area contributed by atoms with Gasteiger partial charge in [-0.2, -0.15) is 0 Å². The third kappa shape index (κ3) is 7.25. The number of ether oxygens (including phenoxy) is 1. The van der Waals surface area contributed by atoms with E-state index >= 15 is 0 Å². The van der Waals surface area contributed by atoms with Crippen molar-refractivity contribution in [2.75, 3.05) is 32.8 Å². The fraction of sp³-hybridized carbons (Fsp3) is 0.938. The van der Waals surface area contributed by atoms with Crippen LogP contribution in [0.2, 0.25) is 0 Å². The highest BCUT2D eigenvalue weighted by molar-refractivity contribution is 5.80. The van der Waals surface area contributed by atoms with Crippen molar-refractivity contribution in [2.45, 2.75) is 65.8 Å². The Kier molecular flexibility index (Phi) is 10.8. The van der Waals surface area contributed by atoms with E-state index in [0.29, 0.717) is 6.61 Å². The van der Waals surface area contributed by atoms with Crippen LogP contribution in [0.5, 0.6) is 0 Å². The number of nitrogens with zero attached hydrogens (tertiary/aromatic N) is 1. The highest BCUT2D eigenvalue weighted by Crippen LogP contribution is 2.14. The molecule has 0 aromatic carbocycles. The molecule has 0 heterocycles. The zero-order valence-electron chi connectivity index (χ0n) is 14.1. The lowest BCUT2D eigenvalue weighted by Crippen LogP contribution is -2.52. The maximum absolute atomic E-state index is 12.2. The van der Waals surface area contributed by atoms with E-state index in [-0.39, 0.29) is 5.97 Å². The van der Waals surface area contributed by atoms with Gasteiger partial charge in [0.25, 0.3) is 0 Å². The van der Waals surface area contributed by atoms with Crippen LogP contribution in [0.25, 0.3) is 0 Å². The minimum atomic E-state index is -0.564. The Bertz CT molecular complexity index is 259. The van der Waals surface area contributed by atoms with E-state index in [0.717, 1.165) is 39.0 Å². The first-order valence-electron chi connectivity index (χ1n) is 8.18. The van der Waals surface area contributed by atoms with Crippen molar-refractivity contribution in [1.29, 1.82) is 0 Å². The van der Waals surface area contributed by atoms with Crippen molar-refractivity contribution in [2.24, 2.45) is 0 Å². The molecular weight excluding hydrogens is 252 g/mol. The lowest BCUT2D eigenvalue weighted by Gasteiger charge is -2.31. The summed E-state index contributed by atoms with van der Waals surface area (Å²) in [6.07, 6.45) is 4.23. The first-order valence-corrected chi connectivity index (χ1v) is 8.18. The van der Waals surface area contributed by atoms with Gasteiger partial charge in [-0.15, -0.1) is 0 Å². The topological polar surface area (TPSA) is 41.6 Å². The fourth-order valence-electron chi connectivity index (χ4n) is 2.15. The number of esters is 1. The number of rotatable bonds is 12. The number of hydrogen-bond acceptors (Lipinski definition) is 4. The monoisotopic (exact) mass is 286 g/mol. The Labute approximate surface area is 125 Å². The fourth-order valence-corrected chi connectivity index (χ4v) is 2.15. The molecule has 0 aliphatic heterocycles. The summed E-state index contributed by atoms with van der Waals surface area (Å²) in [7, 11) is 0. The summed E-state index contributed by atoms with van der Waals surface area (Å²) in [5, 5.41) is 3.36. The molecule has 0 fully saturated rings. The zero-order valence-corrected chi connectivity index (χ0v) is 14.1. The molecule has 20 heavy (non-hydrogen) atoms. The normalized spacial score (nSPS) is 14.3. The predicted molar refractivity (Wildman–Crippen MR) is 85.0 cm³/mol. The summed E-state index contributed by atoms with van der Waals surface area (Å²) < 4.78 is 5.23. The summed E-state index contributed by atoms with van der Waals surface area (Å²) >= 11 is 0. The molecule has 0 amide bonds. The third-order valence-corrected chi connectivity index (χ3v) is 3.69. The molecule has 0 radical (unpaired) electrons. The minimum Gasteiger partial charge on any atom is -0.465 e. The second kappa shape index (κ2) is 11.1. The molecule has 1 N–H and O–H groups in total. The van der Waals surface area contributed by atoms with Crippen LogP contribution in [0, 0.1) is 0 Å². The van der Waals surface area contributed by atoms with Crippen molar-refractivity contribution in [3.63, 3.8) is 0 Å². The molecule has 120 valence electrons. The summed E-state index contributed by atoms with van der Waals surface area (Å²) in [4.78, 5) is 14.6. The average Bonchev–Trinajstić information content (AvgIpc) is 2.45. The van der Waals surface area contributed by atoms with Gasteiger partial charge < -0.3 is 15.0 Å². The van der Waals surface area contributed by atoms with E-state index in [1.807, 2.05) is 13.8 Å². The SMILES string of the molecule is CCCCN(CC)CCC(C)(NCCC)C(=O)OCC. The Morgan fingerprint density at radius 3 is 2.35 bits per heavy atom. The van der Waals surface area contributed by atoms with E-state index < -0.39 is 5.54 Å². The van der Waals surface area contributed by atoms with Crippen molar-refractivity contribution >= 4 is 5.97 Å². The standard InChI is InChI=1S/C16H34N2O2/c1-6-10-13-18(8-3)14-11-16(5,17-12-7-2)15(19)20-9-4/h17H,6-14H2,1-5H3. The lowest BCUT2D eigenvalue weighted by molar-refractivity contribution is -0.151. The van der Waals surface area contributed by atoms with Crippen LogP contribution in [-0.2, 0) is 9.53 Å². The average molecular weight is 286 g/mol. The second-order valence-electron chi connectivity index (χ2n) is 5.52. The number of carbonyl (C=O) groups is 1. The molecule has 1 atom stereocenters. The Balaban J connectivity index is 4.50. The van der Waals surface area contributed by atoms with Gasteiger partial charge in [0.05, 0.1) is 6.61 Å². The van der Waals surface area contributed by atoms with Crippen LogP contribution >= 0.6 is 0 Å². The predicted octanol–water partition coefficient (Wildman–Crippen LogP) is 2.82. The molecule has 0 rings (SSSR count). The molecule has 0 aromatic heterocycles. The smallest absolute Gasteiger partial charge is 0.326 e. The van der Waals surface area contributed by atoms with E-state index in [4.69, 9.17) is 4.74 Å². The number of unbranched alkanes of at least 4 members (excludes halogenated alkanes) is 1. The van der Waals surface area contributed by atoms with Gasteiger partial charge in [0, 0.05) is 6.54 Å². The van der Waals surface area contributed by atoms with Crippen LogP contribution < -0.4 is 5.32 Å². The molecule has 0 aromatic rings. The van der Waals surface area contributed by atoms with Gasteiger partial charge >= 0.3 is 5.97 Å². The maximum atomic E-state index is 12.2. The summed E-state index contributed by atoms with van der Waals surface area (Å²) in [5.41, 5.74) is -0.564. The first kappa shape index (κ1) is 19.4. The molecule has 0 aliphatic rings. The Hall–Kier alpha value is -0.610. The van der Waals surface area contributed by atoms with Crippen molar-refractivity contribution in [3.8, 4) is 0 Å². The van der Waals surface area contributed by atoms with Gasteiger partial charge in [-0.1, -0.05) is 27.2 Å². The van der Waals surface area contributed by atoms with E-state index in [9.17, 15) is 4.79 Å². The van der Waals surface area contributed by atoms with Crippen molar-refractivity contribution in [3.05, 3.63) is 0 Å². The third-order valence-electron chi connectivity index (χ3n) is 3.69. The molecule has 0 saturated carbocycles. The van der Waals surface area contributed by atoms with Crippen LogP contribution in [0.4, 0.5) is 0 Å². The molecule has 0 aliphatic carbocycles.